The third-order valence-corrected chi connectivity index (χ3v) is 4.81. The van der Waals surface area contributed by atoms with E-state index >= 15 is 0 Å². The third kappa shape index (κ3) is 4.02. The van der Waals surface area contributed by atoms with E-state index in [4.69, 9.17) is 0 Å². The molecule has 0 bridgehead atoms. The summed E-state index contributed by atoms with van der Waals surface area (Å²) in [4.78, 5) is 32.5. The summed E-state index contributed by atoms with van der Waals surface area (Å²) in [6, 6.07) is 4.05. The Hall–Kier alpha value is -2.17. The first-order valence-electron chi connectivity index (χ1n) is 8.74. The SMILES string of the molecule is C=CC(=O)N1CCC(C(=O)N(CC)C(CC)c2ccncc2)CC1. The third-order valence-electron chi connectivity index (χ3n) is 4.81. The fourth-order valence-corrected chi connectivity index (χ4v) is 3.46. The van der Waals surface area contributed by atoms with Crippen LogP contribution < -0.4 is 0 Å². The minimum absolute atomic E-state index is 0.00491. The minimum atomic E-state index is -0.0449. The Morgan fingerprint density at radius 2 is 1.96 bits per heavy atom. The highest BCUT2D eigenvalue weighted by Crippen LogP contribution is 2.28. The molecule has 2 rings (SSSR count). The van der Waals surface area contributed by atoms with Crippen molar-refractivity contribution in [2.75, 3.05) is 19.6 Å². The molecule has 0 saturated carbocycles. The van der Waals surface area contributed by atoms with E-state index in [-0.39, 0.29) is 23.8 Å². The molecule has 1 saturated heterocycles. The van der Waals surface area contributed by atoms with Crippen molar-refractivity contribution >= 4 is 11.8 Å². The van der Waals surface area contributed by atoms with Crippen molar-refractivity contribution in [3.8, 4) is 0 Å². The summed E-state index contributed by atoms with van der Waals surface area (Å²) in [5, 5.41) is 0. The van der Waals surface area contributed by atoms with Crippen LogP contribution in [0.15, 0.2) is 37.2 Å². The number of hydrogen-bond acceptors (Lipinski definition) is 3. The van der Waals surface area contributed by atoms with Gasteiger partial charge in [0, 0.05) is 37.9 Å². The Morgan fingerprint density at radius 1 is 1.33 bits per heavy atom. The highest BCUT2D eigenvalue weighted by molar-refractivity contribution is 5.87. The van der Waals surface area contributed by atoms with Crippen molar-refractivity contribution < 1.29 is 9.59 Å². The Kier molecular flexibility index (Phi) is 6.53. The van der Waals surface area contributed by atoms with E-state index in [0.29, 0.717) is 19.6 Å². The molecule has 1 aliphatic rings. The quantitative estimate of drug-likeness (QED) is 0.754. The number of piperidine rings is 1. The normalized spacial score (nSPS) is 16.5. The van der Waals surface area contributed by atoms with E-state index in [2.05, 4.69) is 18.5 Å². The maximum Gasteiger partial charge on any atom is 0.245 e. The molecule has 24 heavy (non-hydrogen) atoms. The Morgan fingerprint density at radius 3 is 2.46 bits per heavy atom. The fourth-order valence-electron chi connectivity index (χ4n) is 3.46. The number of carbonyl (C=O) groups is 2. The number of likely N-dealkylation sites (tertiary alicyclic amines) is 1. The summed E-state index contributed by atoms with van der Waals surface area (Å²) >= 11 is 0. The molecule has 5 heteroatoms. The summed E-state index contributed by atoms with van der Waals surface area (Å²) < 4.78 is 0. The molecule has 1 unspecified atom stereocenters. The number of rotatable bonds is 6. The van der Waals surface area contributed by atoms with Crippen molar-refractivity contribution in [3.63, 3.8) is 0 Å². The lowest BCUT2D eigenvalue weighted by Gasteiger charge is -2.37. The second kappa shape index (κ2) is 8.62. The molecular formula is C19H27N3O2. The zero-order valence-electron chi connectivity index (χ0n) is 14.6. The molecular weight excluding hydrogens is 302 g/mol. The molecule has 0 spiro atoms. The van der Waals surface area contributed by atoms with Gasteiger partial charge < -0.3 is 9.80 Å². The van der Waals surface area contributed by atoms with Crippen molar-refractivity contribution in [1.82, 2.24) is 14.8 Å². The molecule has 1 atom stereocenters. The van der Waals surface area contributed by atoms with E-state index in [9.17, 15) is 9.59 Å². The number of aromatic nitrogens is 1. The van der Waals surface area contributed by atoms with Gasteiger partial charge in [0.1, 0.15) is 0 Å². The first-order chi connectivity index (χ1) is 11.6. The van der Waals surface area contributed by atoms with Gasteiger partial charge in [-0.05, 0) is 50.0 Å². The maximum absolute atomic E-state index is 13.0. The van der Waals surface area contributed by atoms with Crippen LogP contribution in [0.1, 0.15) is 44.7 Å². The van der Waals surface area contributed by atoms with Crippen LogP contribution in [0.4, 0.5) is 0 Å². The highest BCUT2D eigenvalue weighted by atomic mass is 16.2. The average molecular weight is 329 g/mol. The number of nitrogens with zero attached hydrogens (tertiary/aromatic N) is 3. The lowest BCUT2D eigenvalue weighted by Crippen LogP contribution is -2.45. The van der Waals surface area contributed by atoms with Crippen LogP contribution in [0.3, 0.4) is 0 Å². The molecule has 130 valence electrons. The van der Waals surface area contributed by atoms with Crippen LogP contribution in [-0.4, -0.2) is 46.2 Å². The van der Waals surface area contributed by atoms with Crippen molar-refractivity contribution in [1.29, 1.82) is 0 Å². The smallest absolute Gasteiger partial charge is 0.245 e. The van der Waals surface area contributed by atoms with E-state index in [1.54, 1.807) is 17.3 Å². The molecule has 5 nitrogen and oxygen atoms in total. The minimum Gasteiger partial charge on any atom is -0.339 e. The van der Waals surface area contributed by atoms with Gasteiger partial charge in [0.05, 0.1) is 6.04 Å². The van der Waals surface area contributed by atoms with Crippen LogP contribution >= 0.6 is 0 Å². The standard InChI is InChI=1S/C19H27N3O2/c1-4-17(15-7-11-20-12-8-15)22(6-3)19(24)16-9-13-21(14-10-16)18(23)5-2/h5,7-8,11-12,16-17H,2,4,6,9-10,13-14H2,1,3H3. The molecule has 0 radical (unpaired) electrons. The summed E-state index contributed by atoms with van der Waals surface area (Å²) in [7, 11) is 0. The summed E-state index contributed by atoms with van der Waals surface area (Å²) in [5.41, 5.74) is 1.13. The van der Waals surface area contributed by atoms with Gasteiger partial charge in [-0.3, -0.25) is 14.6 Å². The topological polar surface area (TPSA) is 53.5 Å². The van der Waals surface area contributed by atoms with Crippen molar-refractivity contribution in [3.05, 3.63) is 42.7 Å². The monoisotopic (exact) mass is 329 g/mol. The second-order valence-corrected chi connectivity index (χ2v) is 6.13. The molecule has 1 aromatic rings. The van der Waals surface area contributed by atoms with Crippen LogP contribution in [0.25, 0.3) is 0 Å². The molecule has 0 aromatic carbocycles. The van der Waals surface area contributed by atoms with Crippen LogP contribution in [0.5, 0.6) is 0 Å². The van der Waals surface area contributed by atoms with Crippen LogP contribution in [-0.2, 0) is 9.59 Å². The van der Waals surface area contributed by atoms with E-state index in [1.165, 1.54) is 6.08 Å². The maximum atomic E-state index is 13.0. The van der Waals surface area contributed by atoms with Gasteiger partial charge in [-0.1, -0.05) is 13.5 Å². The van der Waals surface area contributed by atoms with Crippen LogP contribution in [0, 0.1) is 5.92 Å². The van der Waals surface area contributed by atoms with Gasteiger partial charge in [0.15, 0.2) is 0 Å². The van der Waals surface area contributed by atoms with E-state index in [1.807, 2.05) is 24.0 Å². The van der Waals surface area contributed by atoms with Crippen molar-refractivity contribution in [2.24, 2.45) is 5.92 Å². The predicted octanol–water partition coefficient (Wildman–Crippen LogP) is 2.81. The number of carbonyl (C=O) groups excluding carboxylic acids is 2. The van der Waals surface area contributed by atoms with Gasteiger partial charge in [0.2, 0.25) is 11.8 Å². The number of amides is 2. The Bertz CT molecular complexity index is 565. The van der Waals surface area contributed by atoms with E-state index < -0.39 is 0 Å². The summed E-state index contributed by atoms with van der Waals surface area (Å²) in [6.07, 6.45) is 7.21. The largest absolute Gasteiger partial charge is 0.339 e. The first-order valence-corrected chi connectivity index (χ1v) is 8.74. The average Bonchev–Trinajstić information content (AvgIpc) is 2.65. The number of hydrogen-bond donors (Lipinski definition) is 0. The van der Waals surface area contributed by atoms with Crippen LogP contribution in [0.2, 0.25) is 0 Å². The lowest BCUT2D eigenvalue weighted by molar-refractivity contribution is -0.141. The zero-order chi connectivity index (χ0) is 17.5. The molecule has 2 heterocycles. The predicted molar refractivity (Wildman–Crippen MR) is 94.2 cm³/mol. The molecule has 1 fully saturated rings. The fraction of sp³-hybridized carbons (Fsp3) is 0.526. The summed E-state index contributed by atoms with van der Waals surface area (Å²) in [6.45, 7) is 9.60. The Balaban J connectivity index is 2.06. The van der Waals surface area contributed by atoms with Gasteiger partial charge in [-0.2, -0.15) is 0 Å². The molecule has 2 amide bonds. The molecule has 0 N–H and O–H groups in total. The van der Waals surface area contributed by atoms with Crippen molar-refractivity contribution in [2.45, 2.75) is 39.2 Å². The lowest BCUT2D eigenvalue weighted by atomic mass is 9.93. The second-order valence-electron chi connectivity index (χ2n) is 6.13. The number of pyridine rings is 1. The van der Waals surface area contributed by atoms with Gasteiger partial charge >= 0.3 is 0 Å². The summed E-state index contributed by atoms with van der Waals surface area (Å²) in [5.74, 6) is 0.151. The zero-order valence-corrected chi connectivity index (χ0v) is 14.6. The molecule has 1 aliphatic heterocycles. The highest BCUT2D eigenvalue weighted by Gasteiger charge is 2.32. The van der Waals surface area contributed by atoms with E-state index in [0.717, 1.165) is 24.8 Å². The van der Waals surface area contributed by atoms with Gasteiger partial charge in [0.25, 0.3) is 0 Å². The van der Waals surface area contributed by atoms with Gasteiger partial charge in [-0.15, -0.1) is 0 Å². The molecule has 0 aliphatic carbocycles. The Labute approximate surface area is 144 Å². The molecule has 1 aromatic heterocycles. The first kappa shape index (κ1) is 18.2. The van der Waals surface area contributed by atoms with Gasteiger partial charge in [-0.25, -0.2) is 0 Å².